The molecule has 0 atom stereocenters. The molecule has 0 aliphatic heterocycles. The summed E-state index contributed by atoms with van der Waals surface area (Å²) in [6.07, 6.45) is 11.5. The zero-order valence-electron chi connectivity index (χ0n) is 12.9. The Balaban J connectivity index is 0. The molecule has 18 heavy (non-hydrogen) atoms. The van der Waals surface area contributed by atoms with Gasteiger partial charge in [0.15, 0.2) is 0 Å². The summed E-state index contributed by atoms with van der Waals surface area (Å²) in [5.41, 5.74) is 0. The van der Waals surface area contributed by atoms with Gasteiger partial charge in [0.25, 0.3) is 0 Å². The van der Waals surface area contributed by atoms with Gasteiger partial charge in [-0.3, -0.25) is 0 Å². The monoisotopic (exact) mass is 272 g/mol. The molecule has 96 valence electrons. The molecule has 0 aliphatic carbocycles. The van der Waals surface area contributed by atoms with E-state index < -0.39 is 0 Å². The van der Waals surface area contributed by atoms with Gasteiger partial charge in [-0.2, -0.15) is 0 Å². The Morgan fingerprint density at radius 2 is 1.00 bits per heavy atom. The van der Waals surface area contributed by atoms with Crippen molar-refractivity contribution < 1.29 is 9.59 Å². The summed E-state index contributed by atoms with van der Waals surface area (Å²) in [7, 11) is 0. The van der Waals surface area contributed by atoms with Crippen molar-refractivity contribution in [3.63, 3.8) is 0 Å². The fourth-order valence-corrected chi connectivity index (χ4v) is 2.31. The van der Waals surface area contributed by atoms with Gasteiger partial charge >= 0.3 is 150 Å². The number of carbonyl (C=O) groups is 2. The molecular weight excluding hydrogens is 246 g/mol. The average Bonchev–Trinajstić information content (AvgIpc) is 2.29. The van der Waals surface area contributed by atoms with Crippen LogP contribution in [0, 0.1) is 0 Å². The molecule has 0 aromatic rings. The predicted octanol–water partition coefficient (Wildman–Crippen LogP) is 3.30. The van der Waals surface area contributed by atoms with Crippen LogP contribution in [0.3, 0.4) is 0 Å². The standard InChI is InChI=1S/C8H15O.C6H11O.2Na/c1-2-3-4-5-6-7-8-9;1-2-3-4-5-6-7;;/h2-7H2,1H3;2-5H2,1H3;;. The zero-order valence-corrected chi connectivity index (χ0v) is 16.9. The van der Waals surface area contributed by atoms with Crippen molar-refractivity contribution in [1.29, 1.82) is 0 Å². The fourth-order valence-electron chi connectivity index (χ4n) is 1.60. The topological polar surface area (TPSA) is 34.1 Å². The number of carbonyl (C=O) groups excluding carboxylic acids is 2. The first-order chi connectivity index (χ1) is 8.54. The van der Waals surface area contributed by atoms with Gasteiger partial charge in [-0.05, 0) is 0 Å². The summed E-state index contributed by atoms with van der Waals surface area (Å²) < 4.78 is 0.926. The van der Waals surface area contributed by atoms with Crippen LogP contribution in [0.25, 0.3) is 0 Å². The first kappa shape index (κ1) is 21.6. The van der Waals surface area contributed by atoms with Gasteiger partial charge in [0, 0.05) is 0 Å². The number of hydrogen-bond acceptors (Lipinski definition) is 2. The van der Waals surface area contributed by atoms with Gasteiger partial charge in [0.05, 0.1) is 0 Å². The Kier molecular flexibility index (Phi) is 22.0. The minimum atomic E-state index is 0.457. The Morgan fingerprint density at radius 1 is 0.667 bits per heavy atom. The average molecular weight is 272 g/mol. The third-order valence-electron chi connectivity index (χ3n) is 2.76. The van der Waals surface area contributed by atoms with E-state index in [9.17, 15) is 9.59 Å². The second-order valence-corrected chi connectivity index (χ2v) is 7.26. The van der Waals surface area contributed by atoms with E-state index in [1.807, 2.05) is 0 Å². The van der Waals surface area contributed by atoms with E-state index >= 15 is 0 Å². The second kappa shape index (κ2) is 18.3. The van der Waals surface area contributed by atoms with E-state index in [4.69, 9.17) is 0 Å². The molecule has 0 bridgehead atoms. The molecule has 0 amide bonds. The van der Waals surface area contributed by atoms with Crippen molar-refractivity contribution >= 4 is 61.9 Å². The van der Waals surface area contributed by atoms with Crippen LogP contribution in [0.4, 0.5) is 0 Å². The first-order valence-electron chi connectivity index (χ1n) is 7.53. The van der Waals surface area contributed by atoms with Crippen molar-refractivity contribution in [1.82, 2.24) is 0 Å². The van der Waals surface area contributed by atoms with Crippen LogP contribution in [0.5, 0.6) is 0 Å². The van der Waals surface area contributed by atoms with Crippen LogP contribution in [0.1, 0.15) is 78.1 Å². The molecule has 0 saturated carbocycles. The van der Waals surface area contributed by atoms with E-state index in [1.165, 1.54) is 38.5 Å². The van der Waals surface area contributed by atoms with Crippen LogP contribution in [-0.4, -0.2) is 61.9 Å². The van der Waals surface area contributed by atoms with Gasteiger partial charge < -0.3 is 0 Å². The molecule has 0 fully saturated rings. The molecule has 0 saturated heterocycles. The molecule has 0 aromatic heterocycles. The Labute approximate surface area is 148 Å². The van der Waals surface area contributed by atoms with Crippen molar-refractivity contribution in [3.8, 4) is 0 Å². The Hall–Kier alpha value is 1.34. The molecule has 0 radical (unpaired) electrons. The first-order valence-corrected chi connectivity index (χ1v) is 9.53. The molecule has 0 aliphatic rings. The van der Waals surface area contributed by atoms with Gasteiger partial charge in [-0.15, -0.1) is 0 Å². The number of unbranched alkanes of at least 4 members (excludes halogenated alkanes) is 6. The van der Waals surface area contributed by atoms with Crippen LogP contribution in [0.2, 0.25) is 0 Å². The number of rotatable bonds is 10. The van der Waals surface area contributed by atoms with Crippen LogP contribution in [0.15, 0.2) is 0 Å². The van der Waals surface area contributed by atoms with E-state index in [2.05, 4.69) is 13.8 Å². The van der Waals surface area contributed by atoms with Gasteiger partial charge in [-0.25, -0.2) is 0 Å². The molecule has 0 rings (SSSR count). The minimum absolute atomic E-state index is 0.457. The van der Waals surface area contributed by atoms with Crippen LogP contribution >= 0.6 is 0 Å². The quantitative estimate of drug-likeness (QED) is 0.451. The van der Waals surface area contributed by atoms with Crippen LogP contribution in [-0.2, 0) is 9.59 Å². The number of hydrogen-bond donors (Lipinski definition) is 0. The molecule has 2 nitrogen and oxygen atoms in total. The summed E-state index contributed by atoms with van der Waals surface area (Å²) in [4.78, 5) is 20.9. The molecule has 0 aromatic carbocycles. The summed E-state index contributed by atoms with van der Waals surface area (Å²) in [6, 6.07) is 0. The van der Waals surface area contributed by atoms with Gasteiger partial charge in [0.2, 0.25) is 0 Å². The molecule has 0 spiro atoms. The molecule has 4 heteroatoms. The van der Waals surface area contributed by atoms with Crippen molar-refractivity contribution in [2.24, 2.45) is 0 Å². The fraction of sp³-hybridized carbons (Fsp3) is 0.857. The summed E-state index contributed by atoms with van der Waals surface area (Å²) >= 11 is 1.50. The van der Waals surface area contributed by atoms with E-state index in [0.29, 0.717) is 6.07 Å². The Bertz CT molecular complexity index is 206. The van der Waals surface area contributed by atoms with Crippen LogP contribution < -0.4 is 0 Å². The maximum atomic E-state index is 10.5. The second-order valence-electron chi connectivity index (χ2n) is 5.03. The van der Waals surface area contributed by atoms with E-state index in [0.717, 1.165) is 81.5 Å². The van der Waals surface area contributed by atoms with E-state index in [1.54, 1.807) is 0 Å². The molecule has 0 N–H and O–H groups in total. The summed E-state index contributed by atoms with van der Waals surface area (Å²) in [5, 5.41) is 0. The van der Waals surface area contributed by atoms with Crippen molar-refractivity contribution in [3.05, 3.63) is 0 Å². The molecular formula is C14H26Na2O2. The predicted molar refractivity (Wildman–Crippen MR) is 79.0 cm³/mol. The summed E-state index contributed by atoms with van der Waals surface area (Å²) in [6.45, 7) is 4.36. The summed E-state index contributed by atoms with van der Waals surface area (Å²) in [5.74, 6) is 0. The Morgan fingerprint density at radius 3 is 1.39 bits per heavy atom. The van der Waals surface area contributed by atoms with Crippen molar-refractivity contribution in [2.75, 3.05) is 0 Å². The van der Waals surface area contributed by atoms with E-state index in [-0.39, 0.29) is 0 Å². The maximum absolute atomic E-state index is 10.5. The molecule has 0 heterocycles. The third kappa shape index (κ3) is 26.0. The van der Waals surface area contributed by atoms with Gasteiger partial charge in [0.1, 0.15) is 0 Å². The van der Waals surface area contributed by atoms with Gasteiger partial charge in [-0.1, -0.05) is 0 Å². The SMILES string of the molecule is CCCCCCC[C](=O)[Na].CCCCC[C](=O)[Na]. The van der Waals surface area contributed by atoms with Crippen molar-refractivity contribution in [2.45, 2.75) is 78.1 Å². The zero-order chi connectivity index (χ0) is 14.2. The molecule has 0 unspecified atom stereocenters. The third-order valence-corrected chi connectivity index (χ3v) is 3.76. The normalized spacial score (nSPS) is 9.67.